The lowest BCUT2D eigenvalue weighted by molar-refractivity contribution is -0.121. The molecule has 0 saturated heterocycles. The normalized spacial score (nSPS) is 12.9. The predicted octanol–water partition coefficient (Wildman–Crippen LogP) is 6.56. The minimum atomic E-state index is -3.14. The van der Waals surface area contributed by atoms with Gasteiger partial charge in [-0.25, -0.2) is 4.79 Å². The number of rotatable bonds is 46. The van der Waals surface area contributed by atoms with E-state index >= 15 is 0 Å². The standard InChI is InChI=1S/C39H77N7O13P4S2/c1-4-54-29-30-55-39(51)46(25-23-42-35(47)19-11-9-13-21-40-37(49)33-64-31-17-7-5-15-27-56-62(2,52)58-44-60)26-24-43-36(48)20-12-10-14-22-41-38(50)34-65-32-18-8-6-16-28-57-63(3,53)59-45-61/h52-53,60-61H,2-34H2,1H3,(H,40,49)(H,41,50)(H,42,47)(H,43,48). The van der Waals surface area contributed by atoms with Crippen molar-refractivity contribution in [2.45, 2.75) is 110 Å². The van der Waals surface area contributed by atoms with Crippen LogP contribution in [0.4, 0.5) is 4.79 Å². The van der Waals surface area contributed by atoms with Crippen LogP contribution in [0.15, 0.2) is 9.82 Å². The van der Waals surface area contributed by atoms with Gasteiger partial charge in [0, 0.05) is 76.8 Å². The van der Waals surface area contributed by atoms with Crippen LogP contribution in [0.5, 0.6) is 0 Å². The van der Waals surface area contributed by atoms with E-state index in [1.807, 2.05) is 6.92 Å². The number of hydrogen-bond acceptors (Lipinski definition) is 17. The molecule has 0 aliphatic carbocycles. The number of ether oxygens (including phenoxy) is 2. The topological polar surface area (TPSA) is 257 Å². The van der Waals surface area contributed by atoms with E-state index in [4.69, 9.17) is 18.5 Å². The van der Waals surface area contributed by atoms with Gasteiger partial charge in [0.05, 0.1) is 31.3 Å². The van der Waals surface area contributed by atoms with Gasteiger partial charge in [-0.1, -0.05) is 38.5 Å². The van der Waals surface area contributed by atoms with Gasteiger partial charge in [-0.2, -0.15) is 32.8 Å². The molecule has 0 aromatic heterocycles. The summed E-state index contributed by atoms with van der Waals surface area (Å²) in [6, 6.07) is 0. The highest BCUT2D eigenvalue weighted by Crippen LogP contribution is 2.44. The summed E-state index contributed by atoms with van der Waals surface area (Å²) in [6.07, 6.45) is 18.7. The van der Waals surface area contributed by atoms with E-state index in [2.05, 4.69) is 71.0 Å². The third kappa shape index (κ3) is 43.4. The molecule has 20 nitrogen and oxygen atoms in total. The number of hydrogen-bond donors (Lipinski definition) is 6. The van der Waals surface area contributed by atoms with Crippen LogP contribution in [-0.2, 0) is 46.9 Å². The molecule has 0 bridgehead atoms. The van der Waals surface area contributed by atoms with Crippen LogP contribution in [0.2, 0.25) is 0 Å². The lowest BCUT2D eigenvalue weighted by atomic mass is 10.2. The smallest absolute Gasteiger partial charge is 0.409 e. The molecule has 0 aromatic carbocycles. The molecule has 26 heteroatoms. The van der Waals surface area contributed by atoms with Crippen molar-refractivity contribution in [3.8, 4) is 0 Å². The van der Waals surface area contributed by atoms with Crippen LogP contribution < -0.4 is 21.3 Å². The van der Waals surface area contributed by atoms with Gasteiger partial charge < -0.3 is 54.5 Å². The summed E-state index contributed by atoms with van der Waals surface area (Å²) in [7, 11) is -0.782. The first-order valence-electron chi connectivity index (χ1n) is 22.3. The summed E-state index contributed by atoms with van der Waals surface area (Å²) in [5, 5.41) is 11.5. The number of nitrogens with zero attached hydrogens (tertiary/aromatic N) is 3. The van der Waals surface area contributed by atoms with Gasteiger partial charge >= 0.3 is 6.09 Å². The van der Waals surface area contributed by atoms with Crippen molar-refractivity contribution in [1.29, 1.82) is 0 Å². The number of nitrogens with one attached hydrogen (secondary N) is 4. The highest BCUT2D eigenvalue weighted by Gasteiger charge is 2.16. The highest BCUT2D eigenvalue weighted by molar-refractivity contribution is 8.00. The number of carbonyl (C=O) groups excluding carboxylic acids is 5. The Hall–Kier alpha value is -1.63. The van der Waals surface area contributed by atoms with Gasteiger partial charge in [0.2, 0.25) is 23.6 Å². The van der Waals surface area contributed by atoms with Gasteiger partial charge in [-0.3, -0.25) is 19.2 Å². The van der Waals surface area contributed by atoms with Crippen LogP contribution in [0.3, 0.4) is 0 Å². The Kier molecular flexibility index (Phi) is 42.5. The molecule has 5 amide bonds. The second-order valence-electron chi connectivity index (χ2n) is 14.5. The summed E-state index contributed by atoms with van der Waals surface area (Å²) in [6.45, 7) is 5.35. The summed E-state index contributed by atoms with van der Waals surface area (Å²) >= 11 is 3.17. The Balaban J connectivity index is 4.08. The summed E-state index contributed by atoms with van der Waals surface area (Å²) in [5.41, 5.74) is 0. The van der Waals surface area contributed by atoms with E-state index in [1.54, 1.807) is 23.5 Å². The first-order chi connectivity index (χ1) is 31.2. The minimum absolute atomic E-state index is 0.00975. The van der Waals surface area contributed by atoms with E-state index in [1.165, 1.54) is 4.90 Å². The van der Waals surface area contributed by atoms with Gasteiger partial charge in [0.25, 0.3) is 15.1 Å². The molecule has 0 saturated carbocycles. The van der Waals surface area contributed by atoms with Crippen molar-refractivity contribution >= 4 is 99.0 Å². The predicted molar refractivity (Wildman–Crippen MR) is 268 cm³/mol. The average molecular weight is 1040 g/mol. The molecular formula is C39H77N7O13P4S2. The Bertz CT molecular complexity index is 1340. The Morgan fingerprint density at radius 1 is 0.569 bits per heavy atom. The average Bonchev–Trinajstić information content (AvgIpc) is 3.25. The Labute approximate surface area is 399 Å². The maximum atomic E-state index is 12.8. The van der Waals surface area contributed by atoms with Crippen LogP contribution in [0.25, 0.3) is 0 Å². The van der Waals surface area contributed by atoms with Gasteiger partial charge in [0.15, 0.2) is 0 Å². The molecule has 0 aliphatic heterocycles. The zero-order valence-corrected chi connectivity index (χ0v) is 43.7. The zero-order chi connectivity index (χ0) is 48.3. The quantitative estimate of drug-likeness (QED) is 0.0215. The Morgan fingerprint density at radius 3 is 1.42 bits per heavy atom. The fraction of sp³-hybridized carbons (Fsp3) is 0.821. The lowest BCUT2D eigenvalue weighted by Crippen LogP contribution is -2.43. The molecule has 6 N–H and O–H groups in total. The minimum Gasteiger partial charge on any atom is -0.447 e. The van der Waals surface area contributed by atoms with Crippen molar-refractivity contribution in [3.63, 3.8) is 0 Å². The molecule has 65 heavy (non-hydrogen) atoms. The largest absolute Gasteiger partial charge is 0.447 e. The highest BCUT2D eigenvalue weighted by atomic mass is 32.2. The van der Waals surface area contributed by atoms with Crippen molar-refractivity contribution in [2.75, 3.05) is 95.3 Å². The van der Waals surface area contributed by atoms with Gasteiger partial charge in [-0.05, 0) is 82.4 Å². The number of unbranched alkanes of at least 4 members (excludes halogenated alkanes) is 10. The molecule has 0 aliphatic rings. The number of amides is 5. The van der Waals surface area contributed by atoms with E-state index < -0.39 is 21.2 Å². The first kappa shape index (κ1) is 63.4. The maximum absolute atomic E-state index is 12.8. The lowest BCUT2D eigenvalue weighted by Gasteiger charge is -2.22. The van der Waals surface area contributed by atoms with Crippen LogP contribution in [-0.4, -0.2) is 152 Å². The van der Waals surface area contributed by atoms with Gasteiger partial charge in [-0.15, -0.1) is 9.82 Å². The molecule has 0 fully saturated rings. The molecule has 2 atom stereocenters. The molecule has 0 aromatic rings. The van der Waals surface area contributed by atoms with E-state index in [-0.39, 0.29) is 63.0 Å². The molecule has 0 rings (SSSR count). The number of carbonyl (C=O) groups is 5. The SMILES string of the molecule is C=P(O)(OCCCCCCSCC(=O)NCCCCCC(=O)NCCN(CCNC(=O)CCCCCNC(=O)CSCCCCCCOP(=C)(O)ON=P)C(=O)OCCOCC)ON=P. The van der Waals surface area contributed by atoms with Crippen molar-refractivity contribution in [2.24, 2.45) is 9.82 Å². The van der Waals surface area contributed by atoms with Crippen molar-refractivity contribution in [3.05, 3.63) is 0 Å². The van der Waals surface area contributed by atoms with Crippen molar-refractivity contribution in [1.82, 2.24) is 26.2 Å². The van der Waals surface area contributed by atoms with Crippen molar-refractivity contribution < 1.29 is 61.5 Å². The summed E-state index contributed by atoms with van der Waals surface area (Å²) in [4.78, 5) is 89.2. The maximum Gasteiger partial charge on any atom is 0.409 e. The molecule has 378 valence electrons. The summed E-state index contributed by atoms with van der Waals surface area (Å²) < 4.78 is 30.2. The number of thioether (sulfide) groups is 2. The van der Waals surface area contributed by atoms with E-state index in [0.29, 0.717) is 70.1 Å². The molecule has 0 spiro atoms. The van der Waals surface area contributed by atoms with E-state index in [9.17, 15) is 33.8 Å². The van der Waals surface area contributed by atoms with E-state index in [0.717, 1.165) is 88.6 Å². The molecule has 0 heterocycles. The van der Waals surface area contributed by atoms with Gasteiger partial charge in [0.1, 0.15) is 6.61 Å². The van der Waals surface area contributed by atoms with Crippen LogP contribution in [0, 0.1) is 0 Å². The third-order valence-corrected chi connectivity index (χ3v) is 13.3. The molecular weight excluding hydrogens is 962 g/mol. The monoisotopic (exact) mass is 1040 g/mol. The third-order valence-electron chi connectivity index (χ3n) is 8.88. The fourth-order valence-electron chi connectivity index (χ4n) is 5.53. The van der Waals surface area contributed by atoms with Crippen LogP contribution >= 0.6 is 56.7 Å². The Morgan fingerprint density at radius 2 is 0.985 bits per heavy atom. The zero-order valence-electron chi connectivity index (χ0n) is 38.3. The molecule has 0 radical (unpaired) electrons. The fourth-order valence-corrected chi connectivity index (χ4v) is 9.15. The van der Waals surface area contributed by atoms with Crippen LogP contribution in [0.1, 0.15) is 110 Å². The molecule has 2 unspecified atom stereocenters. The second kappa shape index (κ2) is 43.6. The first-order valence-corrected chi connectivity index (χ1v) is 29.0. The second-order valence-corrected chi connectivity index (χ2v) is 20.5. The summed E-state index contributed by atoms with van der Waals surface area (Å²) in [5.74, 6) is 2.26.